The smallest absolute Gasteiger partial charge is 0.119 e. The molecule has 0 radical (unpaired) electrons. The van der Waals surface area contributed by atoms with Crippen LogP contribution in [0.1, 0.15) is 102 Å². The van der Waals surface area contributed by atoms with Gasteiger partial charge in [0.1, 0.15) is 30.2 Å². The number of aliphatic hydroxyl groups excluding tert-OH is 5. The summed E-state index contributed by atoms with van der Waals surface area (Å²) in [6, 6.07) is 7.53. The quantitative estimate of drug-likeness (QED) is 0.129. The number of unbranched alkanes of at least 4 members (excludes halogenated alkanes) is 13. The van der Waals surface area contributed by atoms with Crippen molar-refractivity contribution in [2.45, 2.75) is 128 Å². The molecular formula is C29H52O7. The molecule has 0 spiro atoms. The van der Waals surface area contributed by atoms with E-state index in [1.54, 1.807) is 0 Å². The lowest BCUT2D eigenvalue weighted by Gasteiger charge is -2.25. The van der Waals surface area contributed by atoms with E-state index in [-0.39, 0.29) is 13.2 Å². The zero-order valence-electron chi connectivity index (χ0n) is 22.4. The lowest BCUT2D eigenvalue weighted by molar-refractivity contribution is -0.130. The van der Waals surface area contributed by atoms with Crippen LogP contribution in [-0.4, -0.2) is 69.8 Å². The normalized spacial score (nSPS) is 14.9. The molecule has 5 N–H and O–H groups in total. The number of ether oxygens (including phenoxy) is 2. The van der Waals surface area contributed by atoms with Gasteiger partial charge in [0.15, 0.2) is 0 Å². The van der Waals surface area contributed by atoms with E-state index in [9.17, 15) is 20.4 Å². The van der Waals surface area contributed by atoms with E-state index in [1.165, 1.54) is 83.5 Å². The molecule has 0 bridgehead atoms. The summed E-state index contributed by atoms with van der Waals surface area (Å²) >= 11 is 0. The molecule has 36 heavy (non-hydrogen) atoms. The Hall–Kier alpha value is -1.22. The van der Waals surface area contributed by atoms with Gasteiger partial charge in [0.25, 0.3) is 0 Å². The molecule has 0 amide bonds. The van der Waals surface area contributed by atoms with Crippen molar-refractivity contribution in [2.75, 3.05) is 19.8 Å². The number of hydrogen-bond donors (Lipinski definition) is 5. The second-order valence-electron chi connectivity index (χ2n) is 9.90. The van der Waals surface area contributed by atoms with Crippen LogP contribution < -0.4 is 4.74 Å². The molecule has 1 aromatic rings. The summed E-state index contributed by atoms with van der Waals surface area (Å²) in [6.07, 6.45) is 12.5. The van der Waals surface area contributed by atoms with Crippen molar-refractivity contribution in [1.29, 1.82) is 0 Å². The van der Waals surface area contributed by atoms with E-state index in [1.807, 2.05) is 24.3 Å². The lowest BCUT2D eigenvalue weighted by atomic mass is 10.0. The van der Waals surface area contributed by atoms with Gasteiger partial charge in [0, 0.05) is 0 Å². The summed E-state index contributed by atoms with van der Waals surface area (Å²) in [4.78, 5) is 0. The second-order valence-corrected chi connectivity index (χ2v) is 9.90. The van der Waals surface area contributed by atoms with Gasteiger partial charge < -0.3 is 35.0 Å². The molecule has 0 saturated carbocycles. The molecule has 7 nitrogen and oxygen atoms in total. The molecule has 4 atom stereocenters. The number of hydrogen-bond acceptors (Lipinski definition) is 7. The maximum Gasteiger partial charge on any atom is 0.119 e. The van der Waals surface area contributed by atoms with Crippen LogP contribution in [0.5, 0.6) is 5.75 Å². The van der Waals surface area contributed by atoms with Gasteiger partial charge in [-0.1, -0.05) is 103 Å². The molecule has 0 aliphatic rings. The summed E-state index contributed by atoms with van der Waals surface area (Å²) < 4.78 is 11.2. The van der Waals surface area contributed by atoms with Gasteiger partial charge in [0.05, 0.1) is 26.4 Å². The van der Waals surface area contributed by atoms with Crippen molar-refractivity contribution in [1.82, 2.24) is 0 Å². The Bertz CT molecular complexity index is 610. The number of benzene rings is 1. The Morgan fingerprint density at radius 3 is 1.61 bits per heavy atom. The van der Waals surface area contributed by atoms with Gasteiger partial charge >= 0.3 is 0 Å². The first-order valence-electron chi connectivity index (χ1n) is 14.1. The Labute approximate surface area is 218 Å². The van der Waals surface area contributed by atoms with Crippen LogP contribution in [0.15, 0.2) is 24.3 Å². The average molecular weight is 513 g/mol. The zero-order valence-corrected chi connectivity index (χ0v) is 22.4. The van der Waals surface area contributed by atoms with E-state index >= 15 is 0 Å². The van der Waals surface area contributed by atoms with Gasteiger partial charge in [-0.15, -0.1) is 0 Å². The minimum Gasteiger partial charge on any atom is -0.494 e. The van der Waals surface area contributed by atoms with Gasteiger partial charge in [-0.2, -0.15) is 0 Å². The highest BCUT2D eigenvalue weighted by Crippen LogP contribution is 2.16. The van der Waals surface area contributed by atoms with Gasteiger partial charge in [-0.3, -0.25) is 0 Å². The first kappa shape index (κ1) is 32.8. The van der Waals surface area contributed by atoms with Crippen molar-refractivity contribution in [3.05, 3.63) is 29.8 Å². The molecule has 0 fully saturated rings. The fourth-order valence-corrected chi connectivity index (χ4v) is 4.13. The van der Waals surface area contributed by atoms with Crippen LogP contribution in [0.25, 0.3) is 0 Å². The predicted molar refractivity (Wildman–Crippen MR) is 143 cm³/mol. The lowest BCUT2D eigenvalue weighted by Crippen LogP contribution is -2.47. The third kappa shape index (κ3) is 15.8. The molecule has 1 rings (SSSR count). The fourth-order valence-electron chi connectivity index (χ4n) is 4.13. The van der Waals surface area contributed by atoms with Crippen molar-refractivity contribution in [3.8, 4) is 5.75 Å². The summed E-state index contributed by atoms with van der Waals surface area (Å²) in [6.45, 7) is 2.28. The standard InChI is InChI=1S/C29H52O7/c1-2-3-4-5-6-7-8-9-10-11-12-13-14-15-20-36-25-18-16-24(17-19-25)22-35-23-27(32)29(34)28(33)26(31)21-30/h16-19,26-34H,2-15,20-23H2,1H3. The third-order valence-electron chi connectivity index (χ3n) is 6.57. The van der Waals surface area contributed by atoms with Crippen molar-refractivity contribution in [3.63, 3.8) is 0 Å². The molecule has 4 unspecified atom stereocenters. The summed E-state index contributed by atoms with van der Waals surface area (Å²) in [7, 11) is 0. The molecule has 0 heterocycles. The van der Waals surface area contributed by atoms with Crippen molar-refractivity contribution >= 4 is 0 Å². The van der Waals surface area contributed by atoms with Gasteiger partial charge in [0.2, 0.25) is 0 Å². The zero-order chi connectivity index (χ0) is 26.4. The van der Waals surface area contributed by atoms with Crippen LogP contribution in [-0.2, 0) is 11.3 Å². The minimum atomic E-state index is -1.65. The maximum absolute atomic E-state index is 9.87. The van der Waals surface area contributed by atoms with Crippen LogP contribution >= 0.6 is 0 Å². The highest BCUT2D eigenvalue weighted by Gasteiger charge is 2.30. The predicted octanol–water partition coefficient (Wildman–Crippen LogP) is 4.50. The van der Waals surface area contributed by atoms with Crippen molar-refractivity contribution in [2.24, 2.45) is 0 Å². The maximum atomic E-state index is 9.87. The fraction of sp³-hybridized carbons (Fsp3) is 0.793. The molecule has 0 aromatic heterocycles. The number of rotatable bonds is 24. The monoisotopic (exact) mass is 512 g/mol. The summed E-state index contributed by atoms with van der Waals surface area (Å²) in [5.74, 6) is 0.810. The number of aliphatic hydroxyl groups is 5. The van der Waals surface area contributed by atoms with Crippen LogP contribution in [0.3, 0.4) is 0 Å². The molecule has 1 aromatic carbocycles. The molecule has 210 valence electrons. The van der Waals surface area contributed by atoms with E-state index in [0.29, 0.717) is 6.61 Å². The SMILES string of the molecule is CCCCCCCCCCCCCCCCOc1ccc(COCC(O)C(O)C(O)C(O)CO)cc1. The Morgan fingerprint density at radius 1 is 0.639 bits per heavy atom. The first-order valence-corrected chi connectivity index (χ1v) is 14.1. The highest BCUT2D eigenvalue weighted by atomic mass is 16.5. The second kappa shape index (κ2) is 21.8. The van der Waals surface area contributed by atoms with Crippen LogP contribution in [0, 0.1) is 0 Å². The minimum absolute atomic E-state index is 0.215. The van der Waals surface area contributed by atoms with Gasteiger partial charge in [-0.05, 0) is 24.1 Å². The molecular weight excluding hydrogens is 460 g/mol. The Morgan fingerprint density at radius 2 is 1.11 bits per heavy atom. The summed E-state index contributed by atoms with van der Waals surface area (Å²) in [5, 5.41) is 47.4. The van der Waals surface area contributed by atoms with Crippen molar-refractivity contribution < 1.29 is 35.0 Å². The van der Waals surface area contributed by atoms with Crippen LogP contribution in [0.2, 0.25) is 0 Å². The molecule has 0 aliphatic heterocycles. The van der Waals surface area contributed by atoms with E-state index in [2.05, 4.69) is 6.92 Å². The largest absolute Gasteiger partial charge is 0.494 e. The van der Waals surface area contributed by atoms with Gasteiger partial charge in [-0.25, -0.2) is 0 Å². The Balaban J connectivity index is 2.00. The Kier molecular flexibility index (Phi) is 19.9. The van der Waals surface area contributed by atoms with Crippen LogP contribution in [0.4, 0.5) is 0 Å². The van der Waals surface area contributed by atoms with E-state index in [4.69, 9.17) is 14.6 Å². The summed E-state index contributed by atoms with van der Waals surface area (Å²) in [5.41, 5.74) is 0.886. The average Bonchev–Trinajstić information content (AvgIpc) is 2.90. The molecule has 7 heteroatoms. The first-order chi connectivity index (χ1) is 17.5. The topological polar surface area (TPSA) is 120 Å². The molecule has 0 saturated heterocycles. The van der Waals surface area contributed by atoms with E-state index < -0.39 is 31.0 Å². The van der Waals surface area contributed by atoms with E-state index in [0.717, 1.165) is 17.7 Å². The highest BCUT2D eigenvalue weighted by molar-refractivity contribution is 5.26. The molecule has 0 aliphatic carbocycles. The third-order valence-corrected chi connectivity index (χ3v) is 6.57.